The van der Waals surface area contributed by atoms with Gasteiger partial charge in [0.15, 0.2) is 5.17 Å². The maximum atomic E-state index is 14.2. The summed E-state index contributed by atoms with van der Waals surface area (Å²) in [5.41, 5.74) is 0.224. The highest BCUT2D eigenvalue weighted by Crippen LogP contribution is 2.34. The van der Waals surface area contributed by atoms with Gasteiger partial charge in [-0.3, -0.25) is 9.69 Å². The van der Waals surface area contributed by atoms with Gasteiger partial charge >= 0.3 is 0 Å². The number of halogens is 3. The largest absolute Gasteiger partial charge is 0.286 e. The van der Waals surface area contributed by atoms with Gasteiger partial charge in [0.1, 0.15) is 11.6 Å². The molecule has 1 saturated heterocycles. The Labute approximate surface area is 178 Å². The van der Waals surface area contributed by atoms with Crippen molar-refractivity contribution in [3.05, 3.63) is 68.1 Å². The molecule has 1 fully saturated rings. The molecule has 0 aromatic heterocycles. The minimum Gasteiger partial charge on any atom is -0.286 e. The third-order valence-electron chi connectivity index (χ3n) is 3.78. The molecule has 0 spiro atoms. The average molecular weight is 534 g/mol. The van der Waals surface area contributed by atoms with E-state index in [0.717, 1.165) is 36.0 Å². The number of carbonyl (C=O) groups is 1. The lowest BCUT2D eigenvalue weighted by Gasteiger charge is -2.11. The smallest absolute Gasteiger partial charge is 0.284 e. The van der Waals surface area contributed by atoms with Crippen LogP contribution >= 0.6 is 34.4 Å². The SMILES string of the molecule is CCN1C(=O)C(=Cc2cccc(I)c2F)SC1=NS(=O)(=O)c1ccc(F)cc1. The van der Waals surface area contributed by atoms with Crippen molar-refractivity contribution < 1.29 is 22.0 Å². The average Bonchev–Trinajstić information content (AvgIpc) is 2.93. The van der Waals surface area contributed by atoms with Crippen molar-refractivity contribution in [1.82, 2.24) is 4.90 Å². The van der Waals surface area contributed by atoms with Crippen LogP contribution in [0.15, 0.2) is 56.7 Å². The number of amidine groups is 1. The normalized spacial score (nSPS) is 17.7. The Morgan fingerprint density at radius 1 is 1.18 bits per heavy atom. The molecule has 0 atom stereocenters. The van der Waals surface area contributed by atoms with Crippen molar-refractivity contribution in [3.63, 3.8) is 0 Å². The Morgan fingerprint density at radius 2 is 1.86 bits per heavy atom. The van der Waals surface area contributed by atoms with Crippen LogP contribution < -0.4 is 0 Å². The van der Waals surface area contributed by atoms with Gasteiger partial charge < -0.3 is 0 Å². The van der Waals surface area contributed by atoms with E-state index in [0.29, 0.717) is 3.57 Å². The van der Waals surface area contributed by atoms with Gasteiger partial charge in [-0.05, 0) is 77.7 Å². The summed E-state index contributed by atoms with van der Waals surface area (Å²) in [6.07, 6.45) is 1.38. The van der Waals surface area contributed by atoms with Crippen LogP contribution in [0.3, 0.4) is 0 Å². The van der Waals surface area contributed by atoms with Crippen LogP contribution in [0.2, 0.25) is 0 Å². The highest BCUT2D eigenvalue weighted by atomic mass is 127. The van der Waals surface area contributed by atoms with Crippen molar-refractivity contribution in [2.24, 2.45) is 4.40 Å². The number of nitrogens with zero attached hydrogens (tertiary/aromatic N) is 2. The van der Waals surface area contributed by atoms with Gasteiger partial charge in [-0.15, -0.1) is 4.40 Å². The number of hydrogen-bond acceptors (Lipinski definition) is 4. The molecule has 28 heavy (non-hydrogen) atoms. The maximum Gasteiger partial charge on any atom is 0.284 e. The number of hydrogen-bond donors (Lipinski definition) is 0. The van der Waals surface area contributed by atoms with E-state index in [2.05, 4.69) is 4.40 Å². The van der Waals surface area contributed by atoms with Gasteiger partial charge in [0.25, 0.3) is 15.9 Å². The van der Waals surface area contributed by atoms with Crippen LogP contribution in [0.1, 0.15) is 12.5 Å². The Morgan fingerprint density at radius 3 is 2.50 bits per heavy atom. The van der Waals surface area contributed by atoms with Gasteiger partial charge in [-0.2, -0.15) is 8.42 Å². The van der Waals surface area contributed by atoms with E-state index >= 15 is 0 Å². The quantitative estimate of drug-likeness (QED) is 0.435. The summed E-state index contributed by atoms with van der Waals surface area (Å²) >= 11 is 2.70. The summed E-state index contributed by atoms with van der Waals surface area (Å²) in [7, 11) is -4.13. The zero-order chi connectivity index (χ0) is 20.5. The molecule has 0 saturated carbocycles. The number of carbonyl (C=O) groups excluding carboxylic acids is 1. The molecule has 1 amide bonds. The van der Waals surface area contributed by atoms with Crippen LogP contribution in [-0.4, -0.2) is 30.9 Å². The molecule has 3 rings (SSSR count). The maximum absolute atomic E-state index is 14.2. The number of benzene rings is 2. The monoisotopic (exact) mass is 534 g/mol. The van der Waals surface area contributed by atoms with Gasteiger partial charge in [0, 0.05) is 15.7 Å². The summed E-state index contributed by atoms with van der Waals surface area (Å²) in [6, 6.07) is 9.02. The van der Waals surface area contributed by atoms with E-state index in [9.17, 15) is 22.0 Å². The highest BCUT2D eigenvalue weighted by Gasteiger charge is 2.34. The summed E-state index contributed by atoms with van der Waals surface area (Å²) in [5.74, 6) is -1.49. The lowest BCUT2D eigenvalue weighted by atomic mass is 10.2. The molecular weight excluding hydrogens is 521 g/mol. The zero-order valence-electron chi connectivity index (χ0n) is 14.4. The Balaban J connectivity index is 1.99. The van der Waals surface area contributed by atoms with Gasteiger partial charge in [-0.1, -0.05) is 12.1 Å². The van der Waals surface area contributed by atoms with Gasteiger partial charge in [-0.25, -0.2) is 8.78 Å². The standard InChI is InChI=1S/C18H13F2IN2O3S2/c1-2-23-17(24)15(10-11-4-3-5-14(21)16(11)20)27-18(23)22-28(25,26)13-8-6-12(19)7-9-13/h3-10H,2H2,1H3. The van der Waals surface area contributed by atoms with E-state index in [1.165, 1.54) is 17.0 Å². The first-order valence-electron chi connectivity index (χ1n) is 7.99. The van der Waals surface area contributed by atoms with E-state index in [1.54, 1.807) is 19.1 Å². The molecule has 0 unspecified atom stereocenters. The molecule has 0 bridgehead atoms. The molecular formula is C18H13F2IN2O3S2. The Bertz CT molecular complexity index is 1100. The second-order valence-corrected chi connectivity index (χ2v) is 9.38. The molecule has 0 N–H and O–H groups in total. The van der Waals surface area contributed by atoms with E-state index < -0.39 is 27.6 Å². The van der Waals surface area contributed by atoms with Crippen LogP contribution in [-0.2, 0) is 14.8 Å². The second kappa shape index (κ2) is 8.29. The van der Waals surface area contributed by atoms with Crippen molar-refractivity contribution in [2.45, 2.75) is 11.8 Å². The predicted molar refractivity (Wildman–Crippen MR) is 113 cm³/mol. The highest BCUT2D eigenvalue weighted by molar-refractivity contribution is 14.1. The first-order valence-corrected chi connectivity index (χ1v) is 11.3. The molecule has 1 aliphatic rings. The zero-order valence-corrected chi connectivity index (χ0v) is 18.2. The third kappa shape index (κ3) is 4.28. The van der Waals surface area contributed by atoms with E-state index in [-0.39, 0.29) is 27.1 Å². The summed E-state index contributed by atoms with van der Waals surface area (Å²) in [4.78, 5) is 13.8. The molecule has 10 heteroatoms. The molecule has 0 aliphatic carbocycles. The number of thioether (sulfide) groups is 1. The number of amides is 1. The molecule has 2 aromatic carbocycles. The van der Waals surface area contributed by atoms with Crippen molar-refractivity contribution in [2.75, 3.05) is 6.54 Å². The van der Waals surface area contributed by atoms with E-state index in [1.807, 2.05) is 22.6 Å². The van der Waals surface area contributed by atoms with Crippen molar-refractivity contribution in [1.29, 1.82) is 0 Å². The molecule has 5 nitrogen and oxygen atoms in total. The lowest BCUT2D eigenvalue weighted by Crippen LogP contribution is -2.29. The molecule has 1 aliphatic heterocycles. The summed E-state index contributed by atoms with van der Waals surface area (Å²) in [5, 5.41) is -0.0332. The van der Waals surface area contributed by atoms with Crippen LogP contribution in [0.25, 0.3) is 6.08 Å². The van der Waals surface area contributed by atoms with E-state index in [4.69, 9.17) is 0 Å². The number of likely N-dealkylation sites (N-methyl/N-ethyl adjacent to an activating group) is 1. The third-order valence-corrected chi connectivity index (χ3v) is 7.02. The number of rotatable bonds is 4. The fraction of sp³-hybridized carbons (Fsp3) is 0.111. The van der Waals surface area contributed by atoms with Gasteiger partial charge in [0.05, 0.1) is 9.80 Å². The van der Waals surface area contributed by atoms with Crippen molar-refractivity contribution in [3.8, 4) is 0 Å². The van der Waals surface area contributed by atoms with Crippen molar-refractivity contribution >= 4 is 61.5 Å². The summed E-state index contributed by atoms with van der Waals surface area (Å²) in [6.45, 7) is 1.86. The van der Waals surface area contributed by atoms with Gasteiger partial charge in [0.2, 0.25) is 0 Å². The topological polar surface area (TPSA) is 66.8 Å². The minimum atomic E-state index is -4.13. The molecule has 2 aromatic rings. The molecule has 146 valence electrons. The summed E-state index contributed by atoms with van der Waals surface area (Å²) < 4.78 is 56.4. The predicted octanol–water partition coefficient (Wildman–Crippen LogP) is 4.25. The fourth-order valence-electron chi connectivity index (χ4n) is 2.39. The van der Waals surface area contributed by atoms with Crippen LogP contribution in [0, 0.1) is 15.2 Å². The number of sulfonamides is 1. The Hall–Kier alpha value is -1.79. The Kier molecular flexibility index (Phi) is 6.20. The first-order chi connectivity index (χ1) is 13.2. The molecule has 1 heterocycles. The fourth-order valence-corrected chi connectivity index (χ4v) is 5.14. The second-order valence-electron chi connectivity index (χ2n) is 5.61. The molecule has 0 radical (unpaired) electrons. The van der Waals surface area contributed by atoms with Crippen LogP contribution in [0.4, 0.5) is 8.78 Å². The minimum absolute atomic E-state index is 0.0332. The first kappa shape index (κ1) is 20.9. The lowest BCUT2D eigenvalue weighted by molar-refractivity contribution is -0.122. The van der Waals surface area contributed by atoms with Crippen LogP contribution in [0.5, 0.6) is 0 Å².